The van der Waals surface area contributed by atoms with Crippen molar-refractivity contribution in [2.75, 3.05) is 0 Å². The molecule has 3 rings (SSSR count). The van der Waals surface area contributed by atoms with E-state index in [1.54, 1.807) is 12.1 Å². The zero-order valence-corrected chi connectivity index (χ0v) is 16.2. The number of hydrogen-bond acceptors (Lipinski definition) is 2. The Morgan fingerprint density at radius 2 is 1.60 bits per heavy atom. The van der Waals surface area contributed by atoms with Gasteiger partial charge in [0.1, 0.15) is 5.82 Å². The van der Waals surface area contributed by atoms with Crippen LogP contribution < -0.4 is 0 Å². The van der Waals surface area contributed by atoms with E-state index >= 15 is 0 Å². The predicted octanol–water partition coefficient (Wildman–Crippen LogP) is 6.48. The third-order valence-corrected chi connectivity index (χ3v) is 4.26. The molecule has 1 aromatic heterocycles. The summed E-state index contributed by atoms with van der Waals surface area (Å²) in [7, 11) is 0. The van der Waals surface area contributed by atoms with Crippen LogP contribution in [0.15, 0.2) is 58.7 Å². The first-order valence-electron chi connectivity index (χ1n) is 8.10. The molecule has 0 spiro atoms. The zero-order chi connectivity index (χ0) is 17.8. The lowest BCUT2D eigenvalue weighted by molar-refractivity contribution is 0.628. The van der Waals surface area contributed by atoms with Crippen molar-refractivity contribution in [3.05, 3.63) is 75.8 Å². The molecule has 0 amide bonds. The van der Waals surface area contributed by atoms with Gasteiger partial charge in [-0.25, -0.2) is 14.4 Å². The normalized spacial score (nSPS) is 11.4. The first-order valence-corrected chi connectivity index (χ1v) is 9.34. The Labute approximate surface area is 161 Å². The van der Waals surface area contributed by atoms with Crippen molar-refractivity contribution >= 4 is 28.7 Å². The van der Waals surface area contributed by atoms with Crippen LogP contribution in [0, 0.1) is 5.82 Å². The number of rotatable bonds is 4. The summed E-state index contributed by atoms with van der Waals surface area (Å²) in [5.41, 5.74) is 4.65. The minimum atomic E-state index is -0.254. The fraction of sp³-hybridized carbons (Fsp3) is 0.143. The second-order valence-electron chi connectivity index (χ2n) is 6.02. The molecule has 0 aliphatic heterocycles. The van der Waals surface area contributed by atoms with E-state index in [2.05, 4.69) is 36.4 Å². The lowest BCUT2D eigenvalue weighted by Crippen LogP contribution is -2.04. The molecule has 3 aromatic rings. The fourth-order valence-electron chi connectivity index (χ4n) is 2.70. The molecule has 0 unspecified atom stereocenters. The highest BCUT2D eigenvalue weighted by Gasteiger charge is 2.17. The first kappa shape index (κ1) is 17.7. The molecular weight excluding hydrogens is 426 g/mol. The minimum absolute atomic E-state index is 0.243. The smallest absolute Gasteiger partial charge is 0.160 e. The summed E-state index contributed by atoms with van der Waals surface area (Å²) >= 11 is 2.20. The van der Waals surface area contributed by atoms with Crippen LogP contribution in [-0.4, -0.2) is 9.97 Å². The molecule has 126 valence electrons. The van der Waals surface area contributed by atoms with Gasteiger partial charge in [-0.15, -0.1) is 0 Å². The van der Waals surface area contributed by atoms with E-state index in [1.165, 1.54) is 12.1 Å². The maximum Gasteiger partial charge on any atom is 0.160 e. The lowest BCUT2D eigenvalue weighted by Gasteiger charge is -2.16. The molecule has 2 aromatic carbocycles. The summed E-state index contributed by atoms with van der Waals surface area (Å²) in [6.45, 7) is 4.24. The van der Waals surface area contributed by atoms with E-state index < -0.39 is 0 Å². The standard InChI is InChI=1S/C21H18FIN2/c1-14(2)19-18(12-13-23)20(15-8-10-17(22)11-9-15)25-21(24-19)16-6-4-3-5-7-16/h3-14H,1-2H3. The molecule has 25 heavy (non-hydrogen) atoms. The monoisotopic (exact) mass is 444 g/mol. The Morgan fingerprint density at radius 3 is 2.20 bits per heavy atom. The largest absolute Gasteiger partial charge is 0.232 e. The second kappa shape index (κ2) is 7.87. The van der Waals surface area contributed by atoms with Gasteiger partial charge in [-0.3, -0.25) is 0 Å². The van der Waals surface area contributed by atoms with Gasteiger partial charge in [0.05, 0.1) is 11.4 Å². The number of aromatic nitrogens is 2. The van der Waals surface area contributed by atoms with Gasteiger partial charge in [-0.05, 0) is 40.3 Å². The number of halogens is 2. The molecule has 0 aliphatic carbocycles. The summed E-state index contributed by atoms with van der Waals surface area (Å²) in [5, 5.41) is 0. The van der Waals surface area contributed by atoms with Crippen molar-refractivity contribution in [3.63, 3.8) is 0 Å². The highest BCUT2D eigenvalue weighted by atomic mass is 127. The average Bonchev–Trinajstić information content (AvgIpc) is 2.63. The van der Waals surface area contributed by atoms with Crippen LogP contribution in [0.3, 0.4) is 0 Å². The van der Waals surface area contributed by atoms with E-state index in [0.717, 1.165) is 28.1 Å². The number of nitrogens with zero attached hydrogens (tertiary/aromatic N) is 2. The van der Waals surface area contributed by atoms with Gasteiger partial charge in [0.2, 0.25) is 0 Å². The van der Waals surface area contributed by atoms with Crippen molar-refractivity contribution in [1.29, 1.82) is 0 Å². The van der Waals surface area contributed by atoms with Gasteiger partial charge in [0, 0.05) is 16.7 Å². The molecule has 0 saturated heterocycles. The SMILES string of the molecule is CC(C)c1nc(-c2ccccc2)nc(-c2ccc(F)cc2)c1C=CI. The van der Waals surface area contributed by atoms with Crippen LogP contribution in [0.5, 0.6) is 0 Å². The Bertz CT molecular complexity index is 888. The van der Waals surface area contributed by atoms with Crippen LogP contribution in [-0.2, 0) is 0 Å². The van der Waals surface area contributed by atoms with Gasteiger partial charge in [-0.1, -0.05) is 66.8 Å². The summed E-state index contributed by atoms with van der Waals surface area (Å²) in [4.78, 5) is 9.64. The van der Waals surface area contributed by atoms with Crippen LogP contribution in [0.4, 0.5) is 4.39 Å². The van der Waals surface area contributed by atoms with E-state index in [4.69, 9.17) is 9.97 Å². The quantitative estimate of drug-likeness (QED) is 0.431. The first-order chi connectivity index (χ1) is 12.1. The minimum Gasteiger partial charge on any atom is -0.232 e. The summed E-state index contributed by atoms with van der Waals surface area (Å²) in [6.07, 6.45) is 2.02. The van der Waals surface area contributed by atoms with Crippen molar-refractivity contribution < 1.29 is 4.39 Å². The van der Waals surface area contributed by atoms with Gasteiger partial charge in [-0.2, -0.15) is 0 Å². The molecular formula is C21H18FIN2. The number of hydrogen-bond donors (Lipinski definition) is 0. The van der Waals surface area contributed by atoms with Crippen molar-refractivity contribution in [3.8, 4) is 22.6 Å². The maximum atomic E-state index is 13.4. The average molecular weight is 444 g/mol. The Hall–Kier alpha value is -2.08. The molecule has 0 radical (unpaired) electrons. The molecule has 1 heterocycles. The topological polar surface area (TPSA) is 25.8 Å². The van der Waals surface area contributed by atoms with Crippen LogP contribution in [0.25, 0.3) is 28.7 Å². The molecule has 0 N–H and O–H groups in total. The molecule has 2 nitrogen and oxygen atoms in total. The van der Waals surface area contributed by atoms with Gasteiger partial charge < -0.3 is 0 Å². The fourth-order valence-corrected chi connectivity index (χ4v) is 3.06. The van der Waals surface area contributed by atoms with Crippen LogP contribution in [0.2, 0.25) is 0 Å². The molecule has 0 saturated carbocycles. The van der Waals surface area contributed by atoms with Crippen LogP contribution in [0.1, 0.15) is 31.0 Å². The van der Waals surface area contributed by atoms with E-state index in [9.17, 15) is 4.39 Å². The third kappa shape index (κ3) is 3.95. The van der Waals surface area contributed by atoms with E-state index in [1.807, 2.05) is 40.5 Å². The van der Waals surface area contributed by atoms with Crippen molar-refractivity contribution in [2.24, 2.45) is 0 Å². The van der Waals surface area contributed by atoms with Crippen molar-refractivity contribution in [1.82, 2.24) is 9.97 Å². The molecule has 4 heteroatoms. The maximum absolute atomic E-state index is 13.4. The van der Waals surface area contributed by atoms with E-state index in [0.29, 0.717) is 5.82 Å². The van der Waals surface area contributed by atoms with E-state index in [-0.39, 0.29) is 11.7 Å². The highest BCUT2D eigenvalue weighted by Crippen LogP contribution is 2.31. The summed E-state index contributed by atoms with van der Waals surface area (Å²) in [6, 6.07) is 16.4. The predicted molar refractivity (Wildman–Crippen MR) is 110 cm³/mol. The molecule has 0 aliphatic rings. The Morgan fingerprint density at radius 1 is 0.920 bits per heavy atom. The molecule has 0 atom stereocenters. The number of benzene rings is 2. The van der Waals surface area contributed by atoms with Crippen molar-refractivity contribution in [2.45, 2.75) is 19.8 Å². The summed E-state index contributed by atoms with van der Waals surface area (Å²) in [5.74, 6) is 0.678. The zero-order valence-electron chi connectivity index (χ0n) is 14.1. The van der Waals surface area contributed by atoms with Crippen LogP contribution >= 0.6 is 22.6 Å². The lowest BCUT2D eigenvalue weighted by atomic mass is 9.98. The highest BCUT2D eigenvalue weighted by molar-refractivity contribution is 14.1. The Balaban J connectivity index is 2.29. The third-order valence-electron chi connectivity index (χ3n) is 3.90. The van der Waals surface area contributed by atoms with Gasteiger partial charge in [0.15, 0.2) is 5.82 Å². The molecule has 0 fully saturated rings. The second-order valence-corrected chi connectivity index (χ2v) is 6.73. The Kier molecular flexibility index (Phi) is 5.58. The van der Waals surface area contributed by atoms with Gasteiger partial charge >= 0.3 is 0 Å². The van der Waals surface area contributed by atoms with Gasteiger partial charge in [0.25, 0.3) is 0 Å². The molecule has 0 bridgehead atoms. The summed E-state index contributed by atoms with van der Waals surface area (Å²) < 4.78 is 15.3.